The molecule has 20 heavy (non-hydrogen) atoms. The minimum Gasteiger partial charge on any atom is -0.497 e. The lowest BCUT2D eigenvalue weighted by atomic mass is 9.98. The molecule has 1 fully saturated rings. The topological polar surface area (TPSA) is 41.6 Å². The van der Waals surface area contributed by atoms with Crippen molar-refractivity contribution in [3.05, 3.63) is 29.8 Å². The molecule has 0 aliphatic carbocycles. The summed E-state index contributed by atoms with van der Waals surface area (Å²) in [5.74, 6) is 1.44. The molecule has 0 spiro atoms. The first kappa shape index (κ1) is 14.9. The summed E-state index contributed by atoms with van der Waals surface area (Å²) in [5.41, 5.74) is 1.08. The van der Waals surface area contributed by atoms with Crippen LogP contribution in [-0.2, 0) is 4.79 Å². The summed E-state index contributed by atoms with van der Waals surface area (Å²) < 4.78 is 5.28. The van der Waals surface area contributed by atoms with E-state index >= 15 is 0 Å². The van der Waals surface area contributed by atoms with Gasteiger partial charge in [0.25, 0.3) is 0 Å². The van der Waals surface area contributed by atoms with E-state index < -0.39 is 0 Å². The Hall–Kier alpha value is -1.55. The molecule has 1 saturated heterocycles. The zero-order valence-corrected chi connectivity index (χ0v) is 12.7. The number of hydrogen-bond acceptors (Lipinski definition) is 3. The van der Waals surface area contributed by atoms with Crippen molar-refractivity contribution in [3.63, 3.8) is 0 Å². The summed E-state index contributed by atoms with van der Waals surface area (Å²) in [7, 11) is 1.66. The second kappa shape index (κ2) is 6.27. The molecule has 4 heteroatoms. The van der Waals surface area contributed by atoms with Gasteiger partial charge in [-0.15, -0.1) is 0 Å². The average Bonchev–Trinajstić information content (AvgIpc) is 2.82. The van der Waals surface area contributed by atoms with Gasteiger partial charge in [-0.05, 0) is 30.0 Å². The highest BCUT2D eigenvalue weighted by atomic mass is 16.5. The number of hydrogen-bond donors (Lipinski definition) is 1. The van der Waals surface area contributed by atoms with E-state index in [9.17, 15) is 4.79 Å². The van der Waals surface area contributed by atoms with E-state index in [1.54, 1.807) is 7.11 Å². The van der Waals surface area contributed by atoms with Crippen molar-refractivity contribution in [2.75, 3.05) is 13.7 Å². The molecule has 2 rings (SSSR count). The van der Waals surface area contributed by atoms with Crippen LogP contribution < -0.4 is 10.1 Å². The van der Waals surface area contributed by atoms with Gasteiger partial charge in [-0.1, -0.05) is 32.9 Å². The largest absolute Gasteiger partial charge is 0.497 e. The molecule has 1 amide bonds. The summed E-state index contributed by atoms with van der Waals surface area (Å²) in [5, 5.41) is 3.31. The molecule has 0 bridgehead atoms. The van der Waals surface area contributed by atoms with E-state index in [2.05, 4.69) is 26.1 Å². The van der Waals surface area contributed by atoms with E-state index in [0.29, 0.717) is 12.5 Å². The summed E-state index contributed by atoms with van der Waals surface area (Å²) in [6.45, 7) is 6.88. The van der Waals surface area contributed by atoms with Crippen LogP contribution in [0.3, 0.4) is 0 Å². The maximum Gasteiger partial charge on any atom is 0.238 e. The van der Waals surface area contributed by atoms with Gasteiger partial charge in [-0.3, -0.25) is 10.1 Å². The normalized spacial score (nSPS) is 20.6. The molecule has 1 heterocycles. The third-order valence-corrected chi connectivity index (χ3v) is 3.97. The first-order chi connectivity index (χ1) is 9.58. The fraction of sp³-hybridized carbons (Fsp3) is 0.562. The summed E-state index contributed by atoms with van der Waals surface area (Å²) in [6, 6.07) is 8.18. The van der Waals surface area contributed by atoms with Crippen molar-refractivity contribution in [1.29, 1.82) is 0 Å². The maximum absolute atomic E-state index is 12.2. The van der Waals surface area contributed by atoms with Gasteiger partial charge in [0.2, 0.25) is 5.91 Å². The molecular weight excluding hydrogens is 252 g/mol. The molecule has 2 unspecified atom stereocenters. The molecule has 0 aromatic heterocycles. The molecule has 1 aliphatic rings. The number of carbonyl (C=O) groups excluding carboxylic acids is 1. The Morgan fingerprint density at radius 2 is 2.20 bits per heavy atom. The Bertz CT molecular complexity index is 473. The minimum absolute atomic E-state index is 0.0510. The highest BCUT2D eigenvalue weighted by molar-refractivity contribution is 5.81. The Morgan fingerprint density at radius 1 is 1.45 bits per heavy atom. The second-order valence-corrected chi connectivity index (χ2v) is 5.58. The van der Waals surface area contributed by atoms with E-state index in [4.69, 9.17) is 4.74 Å². The van der Waals surface area contributed by atoms with Gasteiger partial charge in [0.15, 0.2) is 0 Å². The molecule has 0 saturated carbocycles. The molecule has 2 atom stereocenters. The number of nitrogens with zero attached hydrogens (tertiary/aromatic N) is 1. The number of amides is 1. The van der Waals surface area contributed by atoms with E-state index in [1.165, 1.54) is 0 Å². The molecule has 110 valence electrons. The minimum atomic E-state index is -0.0510. The van der Waals surface area contributed by atoms with Crippen LogP contribution in [0.5, 0.6) is 5.75 Å². The smallest absolute Gasteiger partial charge is 0.238 e. The van der Waals surface area contributed by atoms with Crippen LogP contribution in [0.25, 0.3) is 0 Å². The van der Waals surface area contributed by atoms with Crippen molar-refractivity contribution >= 4 is 5.91 Å². The number of benzene rings is 1. The second-order valence-electron chi connectivity index (χ2n) is 5.58. The average molecular weight is 276 g/mol. The summed E-state index contributed by atoms with van der Waals surface area (Å²) in [4.78, 5) is 14.2. The lowest BCUT2D eigenvalue weighted by Gasteiger charge is -2.35. The standard InChI is InChI=1S/C16H24N2O2/c1-5-14(11(2)3)18-15(19)10-17-16(18)12-7-6-8-13(9-12)20-4/h6-9,11,14,16-17H,5,10H2,1-4H3. The lowest BCUT2D eigenvalue weighted by molar-refractivity contribution is -0.131. The van der Waals surface area contributed by atoms with Gasteiger partial charge >= 0.3 is 0 Å². The van der Waals surface area contributed by atoms with Crippen molar-refractivity contribution in [2.24, 2.45) is 5.92 Å². The van der Waals surface area contributed by atoms with Crippen molar-refractivity contribution in [1.82, 2.24) is 10.2 Å². The number of rotatable bonds is 5. The van der Waals surface area contributed by atoms with Crippen molar-refractivity contribution in [2.45, 2.75) is 39.4 Å². The molecule has 1 N–H and O–H groups in total. The zero-order valence-electron chi connectivity index (χ0n) is 12.7. The van der Waals surface area contributed by atoms with Crippen LogP contribution in [0, 0.1) is 5.92 Å². The fourth-order valence-electron chi connectivity index (χ4n) is 2.97. The van der Waals surface area contributed by atoms with E-state index in [1.807, 2.05) is 29.2 Å². The zero-order chi connectivity index (χ0) is 14.7. The predicted molar refractivity (Wildman–Crippen MR) is 79.5 cm³/mol. The Labute approximate surface area is 121 Å². The fourth-order valence-corrected chi connectivity index (χ4v) is 2.97. The Kier molecular flexibility index (Phi) is 4.65. The van der Waals surface area contributed by atoms with Crippen LogP contribution in [0.1, 0.15) is 38.9 Å². The van der Waals surface area contributed by atoms with Crippen LogP contribution in [0.15, 0.2) is 24.3 Å². The monoisotopic (exact) mass is 276 g/mol. The quantitative estimate of drug-likeness (QED) is 0.898. The van der Waals surface area contributed by atoms with Gasteiger partial charge in [-0.2, -0.15) is 0 Å². The summed E-state index contributed by atoms with van der Waals surface area (Å²) in [6.07, 6.45) is 0.913. The van der Waals surface area contributed by atoms with Crippen LogP contribution in [-0.4, -0.2) is 30.5 Å². The SMILES string of the molecule is CCC(C(C)C)N1C(=O)CNC1c1cccc(OC)c1. The van der Waals surface area contributed by atoms with Gasteiger partial charge in [-0.25, -0.2) is 0 Å². The number of methoxy groups -OCH3 is 1. The molecule has 1 aromatic carbocycles. The van der Waals surface area contributed by atoms with Gasteiger partial charge in [0.1, 0.15) is 11.9 Å². The summed E-state index contributed by atoms with van der Waals surface area (Å²) >= 11 is 0. The van der Waals surface area contributed by atoms with Gasteiger partial charge < -0.3 is 9.64 Å². The Morgan fingerprint density at radius 3 is 2.80 bits per heavy atom. The van der Waals surface area contributed by atoms with Crippen LogP contribution in [0.4, 0.5) is 0 Å². The third kappa shape index (κ3) is 2.80. The predicted octanol–water partition coefficient (Wildman–Crippen LogP) is 2.56. The van der Waals surface area contributed by atoms with Gasteiger partial charge in [0, 0.05) is 6.04 Å². The van der Waals surface area contributed by atoms with Crippen LogP contribution in [0.2, 0.25) is 0 Å². The number of carbonyl (C=O) groups is 1. The van der Waals surface area contributed by atoms with E-state index in [0.717, 1.165) is 17.7 Å². The van der Waals surface area contributed by atoms with Crippen molar-refractivity contribution < 1.29 is 9.53 Å². The van der Waals surface area contributed by atoms with E-state index in [-0.39, 0.29) is 18.1 Å². The number of nitrogens with one attached hydrogen (secondary N) is 1. The molecular formula is C16H24N2O2. The van der Waals surface area contributed by atoms with Gasteiger partial charge in [0.05, 0.1) is 13.7 Å². The lowest BCUT2D eigenvalue weighted by Crippen LogP contribution is -2.42. The third-order valence-electron chi connectivity index (χ3n) is 3.97. The molecule has 0 radical (unpaired) electrons. The highest BCUT2D eigenvalue weighted by Crippen LogP contribution is 2.30. The number of ether oxygens (including phenoxy) is 1. The molecule has 1 aliphatic heterocycles. The molecule has 4 nitrogen and oxygen atoms in total. The molecule has 1 aromatic rings. The van der Waals surface area contributed by atoms with Crippen LogP contribution >= 0.6 is 0 Å². The maximum atomic E-state index is 12.2. The van der Waals surface area contributed by atoms with Crippen molar-refractivity contribution in [3.8, 4) is 5.75 Å². The first-order valence-corrected chi connectivity index (χ1v) is 7.27. The first-order valence-electron chi connectivity index (χ1n) is 7.27. The highest BCUT2D eigenvalue weighted by Gasteiger charge is 2.37. The Balaban J connectivity index is 2.31.